The van der Waals surface area contributed by atoms with Crippen molar-refractivity contribution in [3.63, 3.8) is 0 Å². The third kappa shape index (κ3) is 17.6. The Morgan fingerprint density at radius 3 is 2.27 bits per heavy atom. The first kappa shape index (κ1) is 32.5. The Hall–Kier alpha value is -2.67. The zero-order chi connectivity index (χ0) is 25.5. The van der Waals surface area contributed by atoms with E-state index in [2.05, 4.69) is 56.5 Å². The number of unbranched alkanes of at least 4 members (excludes halogenated alkanes) is 5. The zero-order valence-corrected chi connectivity index (χ0v) is 21.1. The van der Waals surface area contributed by atoms with Gasteiger partial charge in [-0.1, -0.05) is 89.0 Å². The van der Waals surface area contributed by atoms with Crippen molar-refractivity contribution in [1.82, 2.24) is 5.32 Å². The van der Waals surface area contributed by atoms with Crippen LogP contribution in [0.2, 0.25) is 0 Å². The smallest absolute Gasteiger partial charge is 0.256 e. The number of likely N-dealkylation sites (N-methyl/N-ethyl adjacent to an activating group) is 1. The molecule has 0 saturated heterocycles. The van der Waals surface area contributed by atoms with Crippen LogP contribution in [0.4, 0.5) is 8.78 Å². The number of amides is 1. The van der Waals surface area contributed by atoms with Crippen molar-refractivity contribution in [2.45, 2.75) is 85.0 Å². The third-order valence-electron chi connectivity index (χ3n) is 4.78. The Morgan fingerprint density at radius 2 is 1.76 bits per heavy atom. The minimum atomic E-state index is -0.936. The molecule has 0 aliphatic rings. The average molecular weight is 460 g/mol. The molecule has 4 heteroatoms. The highest BCUT2D eigenvalue weighted by molar-refractivity contribution is 5.97. The van der Waals surface area contributed by atoms with Crippen LogP contribution in [0.25, 0.3) is 0 Å². The first-order chi connectivity index (χ1) is 15.8. The summed E-state index contributed by atoms with van der Waals surface area (Å²) >= 11 is 0. The molecule has 0 heterocycles. The van der Waals surface area contributed by atoms with Gasteiger partial charge in [0, 0.05) is 13.5 Å². The molecule has 1 N–H and O–H groups in total. The van der Waals surface area contributed by atoms with Crippen molar-refractivity contribution in [2.75, 3.05) is 7.05 Å². The lowest BCUT2D eigenvalue weighted by molar-refractivity contribution is -0.117. The number of hydrogen-bond donors (Lipinski definition) is 1. The standard InChI is InChI=1S/C20H32.C9H11F2NO/c1-5-8-11-13-15-18-20(17-10-7-3)19(4)16-14-12-9-6-2;1-4-5-7(11)8(6(2)10)9(13)12-3/h3,13,15,17H,4-6,8-12,14,16,18H2,1-2H3;4-5H,1H2,2-3H3,(H,12,13)/b15-13?,20-17+;7-5+,8-6-. The Kier molecular flexibility index (Phi) is 22.2. The van der Waals surface area contributed by atoms with E-state index in [0.29, 0.717) is 6.42 Å². The highest BCUT2D eigenvalue weighted by Gasteiger charge is 2.16. The minimum Gasteiger partial charge on any atom is -0.355 e. The van der Waals surface area contributed by atoms with Crippen LogP contribution in [-0.4, -0.2) is 13.0 Å². The Morgan fingerprint density at radius 1 is 1.09 bits per heavy atom. The van der Waals surface area contributed by atoms with Gasteiger partial charge in [-0.05, 0) is 44.3 Å². The normalized spacial score (nSPS) is 12.4. The molecular weight excluding hydrogens is 416 g/mol. The number of halogens is 2. The van der Waals surface area contributed by atoms with Crippen LogP contribution < -0.4 is 5.32 Å². The average Bonchev–Trinajstić information content (AvgIpc) is 2.78. The second-order valence-corrected chi connectivity index (χ2v) is 7.61. The second-order valence-electron chi connectivity index (χ2n) is 7.61. The van der Waals surface area contributed by atoms with Gasteiger partial charge in [0.25, 0.3) is 5.91 Å². The van der Waals surface area contributed by atoms with Crippen molar-refractivity contribution in [1.29, 1.82) is 0 Å². The van der Waals surface area contributed by atoms with E-state index in [-0.39, 0.29) is 0 Å². The van der Waals surface area contributed by atoms with Crippen LogP contribution in [0.1, 0.15) is 85.0 Å². The number of rotatable bonds is 15. The molecule has 0 aliphatic heterocycles. The van der Waals surface area contributed by atoms with Gasteiger partial charge >= 0.3 is 0 Å². The largest absolute Gasteiger partial charge is 0.355 e. The van der Waals surface area contributed by atoms with Crippen LogP contribution >= 0.6 is 0 Å². The maximum atomic E-state index is 13.0. The van der Waals surface area contributed by atoms with Gasteiger partial charge < -0.3 is 5.32 Å². The quantitative estimate of drug-likeness (QED) is 0.0858. The van der Waals surface area contributed by atoms with Gasteiger partial charge in [-0.3, -0.25) is 4.79 Å². The molecule has 0 saturated carbocycles. The first-order valence-corrected chi connectivity index (χ1v) is 11.8. The molecule has 0 atom stereocenters. The van der Waals surface area contributed by atoms with E-state index in [1.54, 1.807) is 0 Å². The fourth-order valence-corrected chi connectivity index (χ4v) is 2.87. The van der Waals surface area contributed by atoms with Gasteiger partial charge in [0.15, 0.2) is 0 Å². The fraction of sp³-hybridized carbons (Fsp3) is 0.483. The molecule has 0 aromatic heterocycles. The van der Waals surface area contributed by atoms with Gasteiger partial charge in [0.2, 0.25) is 0 Å². The number of hydrogen-bond acceptors (Lipinski definition) is 1. The highest BCUT2D eigenvalue weighted by Crippen LogP contribution is 2.21. The molecule has 0 bridgehead atoms. The Labute approximate surface area is 201 Å². The maximum Gasteiger partial charge on any atom is 0.256 e. The van der Waals surface area contributed by atoms with Gasteiger partial charge in [0.1, 0.15) is 17.2 Å². The maximum absolute atomic E-state index is 13.0. The number of carbonyl (C=O) groups is 1. The SMILES string of the molecule is C#CC/C=C(\CC=CCCCC)C(=C)CCCCCC.C=C/C=C(F)\C(C(=O)NC)=C(/C)F. The van der Waals surface area contributed by atoms with Crippen LogP contribution in [0.3, 0.4) is 0 Å². The van der Waals surface area contributed by atoms with E-state index in [0.717, 1.165) is 31.9 Å². The van der Waals surface area contributed by atoms with Crippen molar-refractivity contribution in [3.8, 4) is 12.3 Å². The third-order valence-corrected chi connectivity index (χ3v) is 4.78. The molecule has 0 aromatic carbocycles. The zero-order valence-electron chi connectivity index (χ0n) is 21.1. The van der Waals surface area contributed by atoms with Crippen LogP contribution in [-0.2, 0) is 4.79 Å². The van der Waals surface area contributed by atoms with E-state index in [9.17, 15) is 13.6 Å². The summed E-state index contributed by atoms with van der Waals surface area (Å²) in [6.07, 6.45) is 25.9. The Balaban J connectivity index is 0. The fourth-order valence-electron chi connectivity index (χ4n) is 2.87. The molecule has 0 rings (SSSR count). The summed E-state index contributed by atoms with van der Waals surface area (Å²) in [4.78, 5) is 10.9. The molecule has 0 aliphatic carbocycles. The van der Waals surface area contributed by atoms with Crippen LogP contribution in [0, 0.1) is 12.3 Å². The molecule has 184 valence electrons. The van der Waals surface area contributed by atoms with Gasteiger partial charge in [-0.25, -0.2) is 8.78 Å². The summed E-state index contributed by atoms with van der Waals surface area (Å²) in [5.74, 6) is 0.101. The Bertz CT molecular complexity index is 744. The van der Waals surface area contributed by atoms with E-state index < -0.39 is 23.1 Å². The van der Waals surface area contributed by atoms with Crippen LogP contribution in [0.5, 0.6) is 0 Å². The van der Waals surface area contributed by atoms with Crippen molar-refractivity contribution < 1.29 is 13.6 Å². The molecule has 2 nitrogen and oxygen atoms in total. The summed E-state index contributed by atoms with van der Waals surface area (Å²) < 4.78 is 25.7. The van der Waals surface area contributed by atoms with Crippen molar-refractivity contribution in [3.05, 3.63) is 71.9 Å². The number of nitrogens with one attached hydrogen (secondary N) is 1. The molecule has 0 fully saturated rings. The van der Waals surface area contributed by atoms with Gasteiger partial charge in [-0.2, -0.15) is 0 Å². The second kappa shape index (κ2) is 22.5. The molecule has 33 heavy (non-hydrogen) atoms. The molecule has 0 aromatic rings. The van der Waals surface area contributed by atoms with Crippen LogP contribution in [0.15, 0.2) is 71.9 Å². The molecule has 0 unspecified atom stereocenters. The monoisotopic (exact) mass is 459 g/mol. The molecule has 0 spiro atoms. The summed E-state index contributed by atoms with van der Waals surface area (Å²) in [7, 11) is 1.30. The summed E-state index contributed by atoms with van der Waals surface area (Å²) in [6.45, 7) is 13.0. The van der Waals surface area contributed by atoms with E-state index >= 15 is 0 Å². The van der Waals surface area contributed by atoms with E-state index in [1.165, 1.54) is 63.1 Å². The molecule has 0 radical (unpaired) electrons. The molecular formula is C29H43F2NO. The highest BCUT2D eigenvalue weighted by atomic mass is 19.1. The number of allylic oxidation sites excluding steroid dienone is 8. The van der Waals surface area contributed by atoms with E-state index in [1.807, 2.05) is 0 Å². The molecule has 1 amide bonds. The lowest BCUT2D eigenvalue weighted by atomic mass is 9.97. The lowest BCUT2D eigenvalue weighted by Gasteiger charge is -2.09. The van der Waals surface area contributed by atoms with Crippen molar-refractivity contribution >= 4 is 5.91 Å². The summed E-state index contributed by atoms with van der Waals surface area (Å²) in [5.41, 5.74) is 2.02. The number of carbonyl (C=O) groups excluding carboxylic acids is 1. The summed E-state index contributed by atoms with van der Waals surface area (Å²) in [6, 6.07) is 0. The lowest BCUT2D eigenvalue weighted by Crippen LogP contribution is -2.21. The summed E-state index contributed by atoms with van der Waals surface area (Å²) in [5, 5.41) is 2.13. The van der Waals surface area contributed by atoms with Gasteiger partial charge in [0.05, 0.1) is 0 Å². The first-order valence-electron chi connectivity index (χ1n) is 11.8. The number of terminal acetylenes is 1. The predicted molar refractivity (Wildman–Crippen MR) is 140 cm³/mol. The topological polar surface area (TPSA) is 29.1 Å². The van der Waals surface area contributed by atoms with Gasteiger partial charge in [-0.15, -0.1) is 12.3 Å². The van der Waals surface area contributed by atoms with E-state index in [4.69, 9.17) is 6.42 Å². The minimum absolute atomic E-state index is 0.595. The predicted octanol–water partition coefficient (Wildman–Crippen LogP) is 8.61. The van der Waals surface area contributed by atoms with Crippen molar-refractivity contribution in [2.24, 2.45) is 0 Å².